The summed E-state index contributed by atoms with van der Waals surface area (Å²) >= 11 is 0. The van der Waals surface area contributed by atoms with Crippen molar-refractivity contribution >= 4 is 6.09 Å². The molecule has 1 rings (SSSR count). The summed E-state index contributed by atoms with van der Waals surface area (Å²) in [5.74, 6) is 0. The van der Waals surface area contributed by atoms with E-state index >= 15 is 0 Å². The van der Waals surface area contributed by atoms with Crippen molar-refractivity contribution in [3.63, 3.8) is 0 Å². The number of ether oxygens (including phenoxy) is 1. The first-order chi connectivity index (χ1) is 5.72. The Morgan fingerprint density at radius 2 is 2.42 bits per heavy atom. The number of likely N-dealkylation sites (N-methyl/N-ethyl adjacent to an activating group) is 1. The standard InChI is InChI=1S/C8H16N2O2/c1-10-5-3-4-7(6-10)9-8(11)12-2/h7H,3-6H2,1-2H3,(H,9,11). The predicted molar refractivity (Wildman–Crippen MR) is 46.1 cm³/mol. The van der Waals surface area contributed by atoms with Crippen LogP contribution in [-0.4, -0.2) is 44.3 Å². The van der Waals surface area contributed by atoms with Gasteiger partial charge in [-0.1, -0.05) is 0 Å². The Balaban J connectivity index is 2.27. The lowest BCUT2D eigenvalue weighted by atomic mass is 10.1. The molecule has 0 bridgehead atoms. The van der Waals surface area contributed by atoms with Gasteiger partial charge in [0.2, 0.25) is 0 Å². The lowest BCUT2D eigenvalue weighted by molar-refractivity contribution is 0.154. The summed E-state index contributed by atoms with van der Waals surface area (Å²) in [4.78, 5) is 13.0. The third kappa shape index (κ3) is 2.70. The van der Waals surface area contributed by atoms with E-state index in [9.17, 15) is 4.79 Å². The number of nitrogens with zero attached hydrogens (tertiary/aromatic N) is 1. The largest absolute Gasteiger partial charge is 0.453 e. The van der Waals surface area contributed by atoms with Gasteiger partial charge in [0.25, 0.3) is 0 Å². The molecule has 70 valence electrons. The summed E-state index contributed by atoms with van der Waals surface area (Å²) in [6.07, 6.45) is 1.88. The van der Waals surface area contributed by atoms with Gasteiger partial charge < -0.3 is 15.0 Å². The van der Waals surface area contributed by atoms with Crippen molar-refractivity contribution in [2.24, 2.45) is 0 Å². The number of hydrogen-bond acceptors (Lipinski definition) is 3. The molecule has 0 saturated carbocycles. The molecule has 0 aromatic heterocycles. The van der Waals surface area contributed by atoms with Crippen molar-refractivity contribution in [1.82, 2.24) is 10.2 Å². The van der Waals surface area contributed by atoms with Gasteiger partial charge in [-0.05, 0) is 26.4 Å². The fraction of sp³-hybridized carbons (Fsp3) is 0.875. The lowest BCUT2D eigenvalue weighted by Crippen LogP contribution is -2.46. The van der Waals surface area contributed by atoms with Crippen molar-refractivity contribution < 1.29 is 9.53 Å². The second-order valence-electron chi connectivity index (χ2n) is 3.24. The summed E-state index contributed by atoms with van der Waals surface area (Å²) in [6.45, 7) is 2.05. The number of rotatable bonds is 1. The minimum atomic E-state index is -0.324. The van der Waals surface area contributed by atoms with Crippen LogP contribution in [0.3, 0.4) is 0 Å². The van der Waals surface area contributed by atoms with Gasteiger partial charge in [0, 0.05) is 12.6 Å². The highest BCUT2D eigenvalue weighted by molar-refractivity contribution is 5.67. The summed E-state index contributed by atoms with van der Waals surface area (Å²) in [5, 5.41) is 2.80. The monoisotopic (exact) mass is 172 g/mol. The third-order valence-electron chi connectivity index (χ3n) is 2.13. The van der Waals surface area contributed by atoms with Crippen molar-refractivity contribution in [2.75, 3.05) is 27.2 Å². The molecule has 4 nitrogen and oxygen atoms in total. The number of nitrogens with one attached hydrogen (secondary N) is 1. The van der Waals surface area contributed by atoms with Gasteiger partial charge in [-0.3, -0.25) is 0 Å². The molecule has 1 N–H and O–H groups in total. The Morgan fingerprint density at radius 3 is 3.00 bits per heavy atom. The number of hydrogen-bond donors (Lipinski definition) is 1. The van der Waals surface area contributed by atoms with Gasteiger partial charge in [0.15, 0.2) is 0 Å². The quantitative estimate of drug-likeness (QED) is 0.624. The molecule has 0 aromatic carbocycles. The van der Waals surface area contributed by atoms with Crippen LogP contribution in [-0.2, 0) is 4.74 Å². The number of likely N-dealkylation sites (tertiary alicyclic amines) is 1. The topological polar surface area (TPSA) is 41.6 Å². The molecule has 4 heteroatoms. The Hall–Kier alpha value is -0.770. The third-order valence-corrected chi connectivity index (χ3v) is 2.13. The average Bonchev–Trinajstić information content (AvgIpc) is 2.04. The maximum atomic E-state index is 10.8. The Bertz CT molecular complexity index is 161. The molecule has 12 heavy (non-hydrogen) atoms. The zero-order valence-corrected chi connectivity index (χ0v) is 7.67. The molecular formula is C8H16N2O2. The number of methoxy groups -OCH3 is 1. The van der Waals surface area contributed by atoms with E-state index in [0.717, 1.165) is 25.9 Å². The Kier molecular flexibility index (Phi) is 3.34. The number of piperidine rings is 1. The van der Waals surface area contributed by atoms with Gasteiger partial charge >= 0.3 is 6.09 Å². The number of carbonyl (C=O) groups excluding carboxylic acids is 1. The molecule has 1 saturated heterocycles. The lowest BCUT2D eigenvalue weighted by Gasteiger charge is -2.29. The second-order valence-corrected chi connectivity index (χ2v) is 3.24. The summed E-state index contributed by atoms with van der Waals surface area (Å²) in [7, 11) is 3.45. The molecule has 1 amide bonds. The molecular weight excluding hydrogens is 156 g/mol. The number of alkyl carbamates (subject to hydrolysis) is 1. The fourth-order valence-electron chi connectivity index (χ4n) is 1.51. The average molecular weight is 172 g/mol. The normalized spacial score (nSPS) is 25.0. The molecule has 0 spiro atoms. The smallest absolute Gasteiger partial charge is 0.407 e. The van der Waals surface area contributed by atoms with Gasteiger partial charge in [-0.25, -0.2) is 4.79 Å². The van der Waals surface area contributed by atoms with Crippen molar-refractivity contribution in [1.29, 1.82) is 0 Å². The van der Waals surface area contributed by atoms with E-state index in [1.54, 1.807) is 0 Å². The first-order valence-electron chi connectivity index (χ1n) is 4.25. The van der Waals surface area contributed by atoms with Gasteiger partial charge in [-0.15, -0.1) is 0 Å². The van der Waals surface area contributed by atoms with Crippen molar-refractivity contribution in [3.05, 3.63) is 0 Å². The first-order valence-corrected chi connectivity index (χ1v) is 4.25. The van der Waals surface area contributed by atoms with Crippen LogP contribution >= 0.6 is 0 Å². The molecule has 1 atom stereocenters. The predicted octanol–water partition coefficient (Wildman–Crippen LogP) is 0.437. The maximum Gasteiger partial charge on any atom is 0.407 e. The molecule has 1 fully saturated rings. The molecule has 1 heterocycles. The van der Waals surface area contributed by atoms with E-state index in [2.05, 4.69) is 22.0 Å². The Labute approximate surface area is 72.9 Å². The molecule has 0 aromatic rings. The maximum absolute atomic E-state index is 10.8. The van der Waals surface area contributed by atoms with Crippen LogP contribution < -0.4 is 5.32 Å². The van der Waals surface area contributed by atoms with Crippen LogP contribution in [0.5, 0.6) is 0 Å². The van der Waals surface area contributed by atoms with Crippen molar-refractivity contribution in [2.45, 2.75) is 18.9 Å². The van der Waals surface area contributed by atoms with Crippen LogP contribution in [0.15, 0.2) is 0 Å². The molecule has 0 aliphatic carbocycles. The Morgan fingerprint density at radius 1 is 1.67 bits per heavy atom. The zero-order valence-electron chi connectivity index (χ0n) is 7.67. The van der Waals surface area contributed by atoms with Crippen LogP contribution in [0.1, 0.15) is 12.8 Å². The molecule has 1 unspecified atom stereocenters. The molecule has 1 aliphatic heterocycles. The minimum Gasteiger partial charge on any atom is -0.453 e. The summed E-state index contributed by atoms with van der Waals surface area (Å²) < 4.78 is 4.52. The van der Waals surface area contributed by atoms with E-state index in [0.29, 0.717) is 0 Å². The highest BCUT2D eigenvalue weighted by atomic mass is 16.5. The summed E-state index contributed by atoms with van der Waals surface area (Å²) in [5.41, 5.74) is 0. The molecule has 0 radical (unpaired) electrons. The van der Waals surface area contributed by atoms with Crippen LogP contribution in [0.4, 0.5) is 4.79 Å². The van der Waals surface area contributed by atoms with Crippen LogP contribution in [0.25, 0.3) is 0 Å². The van der Waals surface area contributed by atoms with Gasteiger partial charge in [0.1, 0.15) is 0 Å². The SMILES string of the molecule is COC(=O)NC1CCCN(C)C1. The van der Waals surface area contributed by atoms with E-state index in [1.807, 2.05) is 0 Å². The number of amides is 1. The van der Waals surface area contributed by atoms with Crippen molar-refractivity contribution in [3.8, 4) is 0 Å². The fourth-order valence-corrected chi connectivity index (χ4v) is 1.51. The summed E-state index contributed by atoms with van der Waals surface area (Å²) in [6, 6.07) is 0.260. The highest BCUT2D eigenvalue weighted by Gasteiger charge is 2.18. The highest BCUT2D eigenvalue weighted by Crippen LogP contribution is 2.07. The van der Waals surface area contributed by atoms with E-state index in [-0.39, 0.29) is 12.1 Å². The van der Waals surface area contributed by atoms with E-state index in [1.165, 1.54) is 7.11 Å². The van der Waals surface area contributed by atoms with Crippen LogP contribution in [0, 0.1) is 0 Å². The minimum absolute atomic E-state index is 0.260. The van der Waals surface area contributed by atoms with Gasteiger partial charge in [-0.2, -0.15) is 0 Å². The second kappa shape index (κ2) is 4.30. The molecule has 1 aliphatic rings. The van der Waals surface area contributed by atoms with Gasteiger partial charge in [0.05, 0.1) is 7.11 Å². The zero-order chi connectivity index (χ0) is 8.97. The van der Waals surface area contributed by atoms with E-state index in [4.69, 9.17) is 0 Å². The van der Waals surface area contributed by atoms with E-state index < -0.39 is 0 Å². The number of carbonyl (C=O) groups is 1. The van der Waals surface area contributed by atoms with Crippen LogP contribution in [0.2, 0.25) is 0 Å². The first kappa shape index (κ1) is 9.32.